The van der Waals surface area contributed by atoms with Crippen molar-refractivity contribution in [3.8, 4) is 5.75 Å². The first kappa shape index (κ1) is 31.3. The molecular weight excluding hydrogens is 543 g/mol. The molecule has 0 atom stereocenters. The van der Waals surface area contributed by atoms with Crippen LogP contribution >= 0.6 is 0 Å². The second kappa shape index (κ2) is 14.1. The molecule has 0 N–H and O–H groups in total. The Hall–Kier alpha value is -2.11. The highest BCUT2D eigenvalue weighted by Gasteiger charge is 2.34. The number of rotatable bonds is 9. The summed E-state index contributed by atoms with van der Waals surface area (Å²) in [6.07, 6.45) is 13.6. The molecule has 0 bridgehead atoms. The highest BCUT2D eigenvalue weighted by atomic mass is 19.4. The molecule has 3 aliphatic rings. The van der Waals surface area contributed by atoms with Crippen molar-refractivity contribution < 1.29 is 26.7 Å². The summed E-state index contributed by atoms with van der Waals surface area (Å²) >= 11 is 0. The Labute approximate surface area is 248 Å². The Morgan fingerprint density at radius 3 is 1.69 bits per heavy atom. The van der Waals surface area contributed by atoms with Crippen molar-refractivity contribution in [1.82, 2.24) is 0 Å². The molecule has 5 rings (SSSR count). The fourth-order valence-electron chi connectivity index (χ4n) is 8.40. The van der Waals surface area contributed by atoms with Crippen LogP contribution in [-0.4, -0.2) is 6.36 Å². The van der Waals surface area contributed by atoms with E-state index < -0.39 is 17.9 Å². The van der Waals surface area contributed by atoms with Gasteiger partial charge in [-0.25, -0.2) is 8.78 Å². The summed E-state index contributed by atoms with van der Waals surface area (Å²) in [6, 6.07) is 10.00. The second-order valence-corrected chi connectivity index (χ2v) is 13.5. The van der Waals surface area contributed by atoms with Gasteiger partial charge >= 0.3 is 6.36 Å². The predicted molar refractivity (Wildman–Crippen MR) is 158 cm³/mol. The first-order valence-corrected chi connectivity index (χ1v) is 16.5. The molecule has 0 amide bonds. The van der Waals surface area contributed by atoms with Gasteiger partial charge in [0.05, 0.1) is 0 Å². The summed E-state index contributed by atoms with van der Waals surface area (Å²) < 4.78 is 70.8. The lowest BCUT2D eigenvalue weighted by atomic mass is 9.67. The van der Waals surface area contributed by atoms with Crippen molar-refractivity contribution >= 4 is 0 Å². The lowest BCUT2D eigenvalue weighted by Gasteiger charge is -2.38. The van der Waals surface area contributed by atoms with Gasteiger partial charge in [-0.05, 0) is 147 Å². The fraction of sp³-hybridized carbons (Fsp3) is 0.667. The van der Waals surface area contributed by atoms with Gasteiger partial charge in [-0.2, -0.15) is 0 Å². The van der Waals surface area contributed by atoms with Crippen molar-refractivity contribution in [3.63, 3.8) is 0 Å². The minimum absolute atomic E-state index is 0.0135. The van der Waals surface area contributed by atoms with E-state index in [2.05, 4.69) is 23.8 Å². The second-order valence-electron chi connectivity index (χ2n) is 13.5. The summed E-state index contributed by atoms with van der Waals surface area (Å²) in [5.41, 5.74) is 2.84. The van der Waals surface area contributed by atoms with Crippen LogP contribution in [0, 0.1) is 29.4 Å². The molecule has 3 saturated carbocycles. The Kier molecular flexibility index (Phi) is 10.5. The zero-order chi connectivity index (χ0) is 29.7. The average Bonchev–Trinajstić information content (AvgIpc) is 2.98. The third kappa shape index (κ3) is 8.08. The zero-order valence-electron chi connectivity index (χ0n) is 25.0. The Morgan fingerprint density at radius 2 is 1.17 bits per heavy atom. The van der Waals surface area contributed by atoms with Crippen LogP contribution in [0.5, 0.6) is 5.75 Å². The number of hydrogen-bond donors (Lipinski definition) is 0. The predicted octanol–water partition coefficient (Wildman–Crippen LogP) is 12.0. The molecule has 2 aromatic carbocycles. The van der Waals surface area contributed by atoms with Crippen molar-refractivity contribution in [1.29, 1.82) is 0 Å². The molecule has 0 spiro atoms. The summed E-state index contributed by atoms with van der Waals surface area (Å²) in [5, 5.41) is 0. The summed E-state index contributed by atoms with van der Waals surface area (Å²) in [4.78, 5) is 0. The Morgan fingerprint density at radius 1 is 0.643 bits per heavy atom. The van der Waals surface area contributed by atoms with Crippen LogP contribution in [0.15, 0.2) is 36.4 Å². The van der Waals surface area contributed by atoms with E-state index in [0.29, 0.717) is 23.7 Å². The number of hydrogen-bond acceptors (Lipinski definition) is 1. The SMILES string of the molecule is CCCCCC1CCC(c2ccc(C3CCC(C4CCC(c5ccc(OC(F)(F)F)c(F)c5)CC4)CC3)c(F)c2)CC1. The maximum absolute atomic E-state index is 15.4. The molecule has 0 heterocycles. The first-order valence-electron chi connectivity index (χ1n) is 16.5. The first-order chi connectivity index (χ1) is 20.2. The largest absolute Gasteiger partial charge is 0.573 e. The summed E-state index contributed by atoms with van der Waals surface area (Å²) in [5.74, 6) is 1.32. The standard InChI is InChI=1S/C36H47F5O/c1-2-3-4-5-24-6-8-27(9-7-24)30-18-20-32(33(37)22-30)29-16-14-26(15-17-29)25-10-12-28(13-11-25)31-19-21-35(34(38)23-31)42-36(39,40)41/h18-29H,2-17H2,1H3. The van der Waals surface area contributed by atoms with Gasteiger partial charge in [0, 0.05) is 0 Å². The number of ether oxygens (including phenoxy) is 1. The van der Waals surface area contributed by atoms with E-state index in [-0.39, 0.29) is 11.7 Å². The van der Waals surface area contributed by atoms with E-state index in [1.807, 2.05) is 6.07 Å². The molecule has 3 aliphatic carbocycles. The quantitative estimate of drug-likeness (QED) is 0.208. The van der Waals surface area contributed by atoms with Crippen LogP contribution in [0.3, 0.4) is 0 Å². The fourth-order valence-corrected chi connectivity index (χ4v) is 8.40. The summed E-state index contributed by atoms with van der Waals surface area (Å²) in [6.45, 7) is 2.26. The Balaban J connectivity index is 1.07. The highest BCUT2D eigenvalue weighted by molar-refractivity contribution is 5.32. The van der Waals surface area contributed by atoms with Crippen molar-refractivity contribution in [2.24, 2.45) is 17.8 Å². The van der Waals surface area contributed by atoms with E-state index in [4.69, 9.17) is 0 Å². The third-order valence-corrected chi connectivity index (χ3v) is 10.9. The Bertz CT molecular complexity index is 1140. The molecule has 42 heavy (non-hydrogen) atoms. The molecule has 0 unspecified atom stereocenters. The monoisotopic (exact) mass is 590 g/mol. The van der Waals surface area contributed by atoms with E-state index in [9.17, 15) is 17.6 Å². The molecule has 0 aromatic heterocycles. The van der Waals surface area contributed by atoms with Crippen LogP contribution in [0.2, 0.25) is 0 Å². The van der Waals surface area contributed by atoms with Gasteiger partial charge in [-0.1, -0.05) is 50.8 Å². The minimum Gasteiger partial charge on any atom is -0.403 e. The number of halogens is 5. The maximum atomic E-state index is 15.4. The van der Waals surface area contributed by atoms with Gasteiger partial charge in [-0.3, -0.25) is 0 Å². The normalized spacial score (nSPS) is 28.9. The molecule has 232 valence electrons. The topological polar surface area (TPSA) is 9.23 Å². The van der Waals surface area contributed by atoms with Crippen LogP contribution in [0.25, 0.3) is 0 Å². The van der Waals surface area contributed by atoms with Gasteiger partial charge in [0.15, 0.2) is 11.6 Å². The van der Waals surface area contributed by atoms with Gasteiger partial charge in [0.25, 0.3) is 0 Å². The number of benzene rings is 2. The number of unbranched alkanes of at least 4 members (excludes halogenated alkanes) is 2. The van der Waals surface area contributed by atoms with Crippen molar-refractivity contribution in [3.05, 3.63) is 64.7 Å². The molecule has 1 nitrogen and oxygen atoms in total. The molecule has 0 aliphatic heterocycles. The van der Waals surface area contributed by atoms with E-state index >= 15 is 4.39 Å². The third-order valence-electron chi connectivity index (χ3n) is 10.9. The molecule has 3 fully saturated rings. The van der Waals surface area contributed by atoms with Crippen LogP contribution in [0.4, 0.5) is 22.0 Å². The zero-order valence-corrected chi connectivity index (χ0v) is 25.0. The van der Waals surface area contributed by atoms with E-state index in [0.717, 1.165) is 74.5 Å². The lowest BCUT2D eigenvalue weighted by molar-refractivity contribution is -0.275. The van der Waals surface area contributed by atoms with E-state index in [1.165, 1.54) is 63.0 Å². The molecule has 6 heteroatoms. The molecule has 2 aromatic rings. The smallest absolute Gasteiger partial charge is 0.403 e. The van der Waals surface area contributed by atoms with E-state index in [1.54, 1.807) is 6.07 Å². The van der Waals surface area contributed by atoms with Gasteiger partial charge in [0.2, 0.25) is 0 Å². The van der Waals surface area contributed by atoms with Gasteiger partial charge < -0.3 is 4.74 Å². The van der Waals surface area contributed by atoms with Crippen molar-refractivity contribution in [2.75, 3.05) is 0 Å². The molecular formula is C36H47F5O. The minimum atomic E-state index is -4.90. The lowest BCUT2D eigenvalue weighted by Crippen LogP contribution is -2.25. The highest BCUT2D eigenvalue weighted by Crippen LogP contribution is 2.47. The van der Waals surface area contributed by atoms with Gasteiger partial charge in [0.1, 0.15) is 5.82 Å². The van der Waals surface area contributed by atoms with Crippen LogP contribution in [-0.2, 0) is 0 Å². The number of alkyl halides is 3. The molecule has 0 saturated heterocycles. The van der Waals surface area contributed by atoms with Crippen molar-refractivity contribution in [2.45, 2.75) is 134 Å². The van der Waals surface area contributed by atoms with Gasteiger partial charge in [-0.15, -0.1) is 13.2 Å². The van der Waals surface area contributed by atoms with Crippen LogP contribution in [0.1, 0.15) is 144 Å². The van der Waals surface area contributed by atoms with Crippen LogP contribution < -0.4 is 4.74 Å². The summed E-state index contributed by atoms with van der Waals surface area (Å²) in [7, 11) is 0. The molecule has 0 radical (unpaired) electrons. The maximum Gasteiger partial charge on any atom is 0.573 e. The average molecular weight is 591 g/mol.